The normalized spacial score (nSPS) is 11.8. The summed E-state index contributed by atoms with van der Waals surface area (Å²) in [6.07, 6.45) is 0. The standard InChI is InChI=1S/C63H39N5O/c1-4-17-40(18-5-1)44-21-14-22-45(39-44)41-33-35-43(36-34-41)62-64-61(42-19-6-2-7-20-42)65-63(66-62)52-28-15-27-49-50-37-38-51-57-55(68-53-29-12-10-25-47(53)48-26-11-13-30-54(48)68)31-16-32-56(57)69-60(51)59(50)67(58(49)52)46-23-8-3-9-24-46/h1-39H. The lowest BCUT2D eigenvalue weighted by atomic mass is 9.98. The number of aromatic nitrogens is 5. The monoisotopic (exact) mass is 881 g/mol. The van der Waals surface area contributed by atoms with E-state index in [0.29, 0.717) is 17.5 Å². The molecule has 0 aliphatic rings. The molecule has 6 nitrogen and oxygen atoms in total. The summed E-state index contributed by atoms with van der Waals surface area (Å²) in [5, 5.41) is 6.69. The first kappa shape index (κ1) is 38.8. The van der Waals surface area contributed by atoms with Crippen LogP contribution in [0.4, 0.5) is 0 Å². The van der Waals surface area contributed by atoms with E-state index in [-0.39, 0.29) is 0 Å². The molecule has 0 saturated carbocycles. The van der Waals surface area contributed by atoms with Crippen LogP contribution in [-0.4, -0.2) is 24.1 Å². The van der Waals surface area contributed by atoms with Crippen LogP contribution >= 0.6 is 0 Å². The Labute approximate surface area is 396 Å². The summed E-state index contributed by atoms with van der Waals surface area (Å²) in [5.41, 5.74) is 15.3. The van der Waals surface area contributed by atoms with Gasteiger partial charge in [-0.25, -0.2) is 15.0 Å². The topological polar surface area (TPSA) is 61.7 Å². The Morgan fingerprint density at radius 3 is 1.51 bits per heavy atom. The molecular formula is C63H39N5O. The Balaban J connectivity index is 0.986. The first-order chi connectivity index (χ1) is 34.2. The molecule has 0 bridgehead atoms. The number of rotatable bonds is 7. The molecule has 0 aliphatic heterocycles. The molecule has 0 aliphatic carbocycles. The quantitative estimate of drug-likeness (QED) is 0.160. The van der Waals surface area contributed by atoms with Gasteiger partial charge in [0.2, 0.25) is 0 Å². The number of hydrogen-bond donors (Lipinski definition) is 0. The highest BCUT2D eigenvalue weighted by Gasteiger charge is 2.25. The van der Waals surface area contributed by atoms with Gasteiger partial charge in [-0.1, -0.05) is 182 Å². The van der Waals surface area contributed by atoms with E-state index in [1.54, 1.807) is 0 Å². The Morgan fingerprint density at radius 2 is 0.812 bits per heavy atom. The number of benzene rings is 10. The van der Waals surface area contributed by atoms with E-state index in [0.717, 1.165) is 94.0 Å². The molecule has 0 N–H and O–H groups in total. The molecule has 0 saturated heterocycles. The highest BCUT2D eigenvalue weighted by atomic mass is 16.3. The van der Waals surface area contributed by atoms with Crippen molar-refractivity contribution >= 4 is 65.6 Å². The van der Waals surface area contributed by atoms with Crippen LogP contribution in [-0.2, 0) is 0 Å². The first-order valence-corrected chi connectivity index (χ1v) is 23.3. The highest BCUT2D eigenvalue weighted by Crippen LogP contribution is 2.45. The number of para-hydroxylation sites is 4. The summed E-state index contributed by atoms with van der Waals surface area (Å²) in [7, 11) is 0. The van der Waals surface area contributed by atoms with Gasteiger partial charge in [0, 0.05) is 49.3 Å². The predicted molar refractivity (Wildman–Crippen MR) is 283 cm³/mol. The van der Waals surface area contributed by atoms with E-state index >= 15 is 0 Å². The van der Waals surface area contributed by atoms with E-state index < -0.39 is 0 Å². The highest BCUT2D eigenvalue weighted by molar-refractivity contribution is 6.24. The van der Waals surface area contributed by atoms with Gasteiger partial charge in [-0.05, 0) is 76.9 Å². The molecule has 0 spiro atoms. The maximum atomic E-state index is 7.11. The maximum absolute atomic E-state index is 7.11. The van der Waals surface area contributed by atoms with Crippen molar-refractivity contribution in [2.75, 3.05) is 0 Å². The average molecular weight is 882 g/mol. The van der Waals surface area contributed by atoms with Gasteiger partial charge in [0.25, 0.3) is 0 Å². The van der Waals surface area contributed by atoms with Crippen LogP contribution in [0.1, 0.15) is 0 Å². The lowest BCUT2D eigenvalue weighted by Crippen LogP contribution is -2.02. The van der Waals surface area contributed by atoms with Crippen molar-refractivity contribution < 1.29 is 4.42 Å². The second-order valence-corrected chi connectivity index (χ2v) is 17.5. The van der Waals surface area contributed by atoms with Crippen molar-refractivity contribution in [2.45, 2.75) is 0 Å². The Morgan fingerprint density at radius 1 is 0.319 bits per heavy atom. The van der Waals surface area contributed by atoms with Crippen LogP contribution in [0.5, 0.6) is 0 Å². The molecule has 4 aromatic heterocycles. The van der Waals surface area contributed by atoms with E-state index in [1.807, 2.05) is 24.3 Å². The number of hydrogen-bond acceptors (Lipinski definition) is 4. The van der Waals surface area contributed by atoms with Crippen LogP contribution in [0.3, 0.4) is 0 Å². The smallest absolute Gasteiger partial charge is 0.166 e. The maximum Gasteiger partial charge on any atom is 0.166 e. The summed E-state index contributed by atoms with van der Waals surface area (Å²) in [6.45, 7) is 0. The largest absolute Gasteiger partial charge is 0.454 e. The summed E-state index contributed by atoms with van der Waals surface area (Å²) < 4.78 is 11.8. The van der Waals surface area contributed by atoms with Crippen molar-refractivity contribution in [1.29, 1.82) is 0 Å². The van der Waals surface area contributed by atoms with Gasteiger partial charge in [0.15, 0.2) is 23.1 Å². The SMILES string of the molecule is c1ccc(-c2cccc(-c3ccc(-c4nc(-c5ccccc5)nc(-c5cccc6c7ccc8c(oc9cccc(-n%10c%11ccccc%11c%11ccccc%11%10)c98)c7n(-c7ccccc7)c56)n4)cc3)c2)cc1. The lowest BCUT2D eigenvalue weighted by molar-refractivity contribution is 0.671. The molecule has 10 aromatic carbocycles. The average Bonchev–Trinajstić information content (AvgIpc) is 4.10. The summed E-state index contributed by atoms with van der Waals surface area (Å²) in [6, 6.07) is 83.1. The number of furan rings is 1. The van der Waals surface area contributed by atoms with E-state index in [1.165, 1.54) is 21.9 Å². The predicted octanol–water partition coefficient (Wildman–Crippen LogP) is 16.3. The molecule has 0 unspecified atom stereocenters. The zero-order valence-electron chi connectivity index (χ0n) is 37.2. The second-order valence-electron chi connectivity index (χ2n) is 17.5. The zero-order chi connectivity index (χ0) is 45.4. The molecule has 0 atom stereocenters. The van der Waals surface area contributed by atoms with E-state index in [4.69, 9.17) is 19.4 Å². The van der Waals surface area contributed by atoms with Gasteiger partial charge in [-0.3, -0.25) is 0 Å². The summed E-state index contributed by atoms with van der Waals surface area (Å²) >= 11 is 0. The summed E-state index contributed by atoms with van der Waals surface area (Å²) in [5.74, 6) is 1.78. The van der Waals surface area contributed by atoms with E-state index in [2.05, 4.69) is 221 Å². The Bertz CT molecular complexity index is 4230. The van der Waals surface area contributed by atoms with Crippen LogP contribution in [0.2, 0.25) is 0 Å². The van der Waals surface area contributed by atoms with Gasteiger partial charge >= 0.3 is 0 Å². The second kappa shape index (κ2) is 15.6. The molecule has 69 heavy (non-hydrogen) atoms. The molecule has 0 radical (unpaired) electrons. The lowest BCUT2D eigenvalue weighted by Gasteiger charge is -2.13. The van der Waals surface area contributed by atoms with Crippen molar-refractivity contribution in [3.05, 3.63) is 237 Å². The van der Waals surface area contributed by atoms with Crippen LogP contribution in [0.15, 0.2) is 241 Å². The van der Waals surface area contributed by atoms with Crippen molar-refractivity contribution in [2.24, 2.45) is 0 Å². The van der Waals surface area contributed by atoms with Gasteiger partial charge in [0.05, 0.1) is 33.1 Å². The zero-order valence-corrected chi connectivity index (χ0v) is 37.2. The molecule has 0 fully saturated rings. The number of fused-ring (bicyclic) bond motifs is 10. The molecule has 14 rings (SSSR count). The molecule has 0 amide bonds. The van der Waals surface area contributed by atoms with Crippen LogP contribution in [0, 0.1) is 0 Å². The molecule has 14 aromatic rings. The van der Waals surface area contributed by atoms with Crippen molar-refractivity contribution in [1.82, 2.24) is 24.1 Å². The Kier molecular flexibility index (Phi) is 8.79. The van der Waals surface area contributed by atoms with Crippen LogP contribution < -0.4 is 0 Å². The summed E-state index contributed by atoms with van der Waals surface area (Å²) in [4.78, 5) is 15.8. The molecular weight excluding hydrogens is 843 g/mol. The first-order valence-electron chi connectivity index (χ1n) is 23.3. The molecule has 6 heteroatoms. The number of nitrogens with zero attached hydrogens (tertiary/aromatic N) is 5. The third-order valence-corrected chi connectivity index (χ3v) is 13.6. The van der Waals surface area contributed by atoms with Crippen molar-refractivity contribution in [3.63, 3.8) is 0 Å². The third-order valence-electron chi connectivity index (χ3n) is 13.6. The third kappa shape index (κ3) is 6.23. The minimum atomic E-state index is 0.582. The van der Waals surface area contributed by atoms with Crippen LogP contribution in [0.25, 0.3) is 133 Å². The van der Waals surface area contributed by atoms with Gasteiger partial charge < -0.3 is 13.6 Å². The minimum Gasteiger partial charge on any atom is -0.454 e. The van der Waals surface area contributed by atoms with Gasteiger partial charge in [0.1, 0.15) is 5.58 Å². The molecule has 4 heterocycles. The fraction of sp³-hybridized carbons (Fsp3) is 0. The van der Waals surface area contributed by atoms with E-state index in [9.17, 15) is 0 Å². The van der Waals surface area contributed by atoms with Crippen molar-refractivity contribution in [3.8, 4) is 67.8 Å². The fourth-order valence-corrected chi connectivity index (χ4v) is 10.5. The fourth-order valence-electron chi connectivity index (χ4n) is 10.5. The van der Waals surface area contributed by atoms with Gasteiger partial charge in [-0.2, -0.15) is 0 Å². The minimum absolute atomic E-state index is 0.582. The molecule has 322 valence electrons. The van der Waals surface area contributed by atoms with Gasteiger partial charge in [-0.15, -0.1) is 0 Å². The Hall–Kier alpha value is -9.39.